The molecule has 16 heavy (non-hydrogen) atoms. The number of rotatable bonds is 2. The zero-order valence-electron chi connectivity index (χ0n) is 10.2. The number of hydrogen-bond donors (Lipinski definition) is 1. The minimum absolute atomic E-state index is 0.646. The first kappa shape index (κ1) is 11.2. The summed E-state index contributed by atoms with van der Waals surface area (Å²) in [5, 5.41) is 0. The molecular formula is C13H21N3. The van der Waals surface area contributed by atoms with Gasteiger partial charge in [-0.25, -0.2) is 4.98 Å². The summed E-state index contributed by atoms with van der Waals surface area (Å²) in [6.45, 7) is 2.34. The summed E-state index contributed by atoms with van der Waals surface area (Å²) in [4.78, 5) is 6.67. The highest BCUT2D eigenvalue weighted by atomic mass is 15.2. The fraction of sp³-hybridized carbons (Fsp3) is 0.615. The van der Waals surface area contributed by atoms with Gasteiger partial charge < -0.3 is 10.6 Å². The maximum absolute atomic E-state index is 5.64. The lowest BCUT2D eigenvalue weighted by Crippen LogP contribution is -2.35. The average Bonchev–Trinajstić information content (AvgIpc) is 2.30. The fourth-order valence-electron chi connectivity index (χ4n) is 2.42. The van der Waals surface area contributed by atoms with Gasteiger partial charge in [-0.05, 0) is 43.7 Å². The molecule has 2 N–H and O–H groups in total. The van der Waals surface area contributed by atoms with Crippen LogP contribution >= 0.6 is 0 Å². The van der Waals surface area contributed by atoms with E-state index < -0.39 is 0 Å². The average molecular weight is 219 g/mol. The maximum Gasteiger partial charge on any atom is 0.128 e. The molecule has 1 fully saturated rings. The molecule has 0 radical (unpaired) electrons. The molecule has 1 aliphatic rings. The van der Waals surface area contributed by atoms with E-state index in [-0.39, 0.29) is 0 Å². The van der Waals surface area contributed by atoms with Crippen LogP contribution in [0.3, 0.4) is 0 Å². The highest BCUT2D eigenvalue weighted by molar-refractivity contribution is 5.45. The highest BCUT2D eigenvalue weighted by Gasteiger charge is 2.22. The predicted molar refractivity (Wildman–Crippen MR) is 68.5 cm³/mol. The molecule has 1 heterocycles. The Hall–Kier alpha value is -1.25. The first-order valence-electron chi connectivity index (χ1n) is 6.11. The van der Waals surface area contributed by atoms with Gasteiger partial charge in [-0.2, -0.15) is 0 Å². The van der Waals surface area contributed by atoms with Crippen molar-refractivity contribution in [3.05, 3.63) is 18.3 Å². The minimum Gasteiger partial charge on any atom is -0.397 e. The van der Waals surface area contributed by atoms with Crippen LogP contribution in [0, 0.1) is 5.92 Å². The van der Waals surface area contributed by atoms with E-state index in [2.05, 4.69) is 23.9 Å². The lowest BCUT2D eigenvalue weighted by atomic mass is 9.87. The topological polar surface area (TPSA) is 42.1 Å². The number of pyridine rings is 1. The Bertz CT molecular complexity index is 326. The first-order valence-corrected chi connectivity index (χ1v) is 6.11. The van der Waals surface area contributed by atoms with Crippen LogP contribution in [0.2, 0.25) is 0 Å². The lowest BCUT2D eigenvalue weighted by Gasteiger charge is -2.34. The number of hydrogen-bond acceptors (Lipinski definition) is 3. The quantitative estimate of drug-likeness (QED) is 0.831. The van der Waals surface area contributed by atoms with Crippen molar-refractivity contribution in [2.24, 2.45) is 5.92 Å². The number of nitrogens with two attached hydrogens (primary N) is 1. The first-order chi connectivity index (χ1) is 7.66. The summed E-state index contributed by atoms with van der Waals surface area (Å²) in [6, 6.07) is 4.57. The van der Waals surface area contributed by atoms with Crippen molar-refractivity contribution in [1.29, 1.82) is 0 Å². The number of nitrogens with zero attached hydrogens (tertiary/aromatic N) is 2. The Morgan fingerprint density at radius 3 is 2.50 bits per heavy atom. The molecule has 0 spiro atoms. The molecule has 88 valence electrons. The normalized spacial score (nSPS) is 25.4. The van der Waals surface area contributed by atoms with Crippen LogP contribution in [0.25, 0.3) is 0 Å². The zero-order valence-corrected chi connectivity index (χ0v) is 10.2. The van der Waals surface area contributed by atoms with Gasteiger partial charge in [0.2, 0.25) is 0 Å². The molecule has 3 nitrogen and oxygen atoms in total. The molecule has 0 amide bonds. The number of nitrogen functional groups attached to an aromatic ring is 1. The van der Waals surface area contributed by atoms with Crippen LogP contribution in [0.4, 0.5) is 11.5 Å². The molecule has 1 saturated carbocycles. The van der Waals surface area contributed by atoms with Gasteiger partial charge in [0, 0.05) is 13.1 Å². The minimum atomic E-state index is 0.646. The number of aromatic nitrogens is 1. The van der Waals surface area contributed by atoms with Crippen LogP contribution in [0.1, 0.15) is 32.6 Å². The third kappa shape index (κ3) is 2.46. The summed E-state index contributed by atoms with van der Waals surface area (Å²) >= 11 is 0. The molecule has 0 aliphatic heterocycles. The van der Waals surface area contributed by atoms with Crippen LogP contribution in [0.5, 0.6) is 0 Å². The SMILES string of the molecule is CC1CCC(N(C)c2ccc(N)cn2)CC1. The molecule has 1 aliphatic carbocycles. The molecule has 0 unspecified atom stereocenters. The van der Waals surface area contributed by atoms with E-state index in [0.717, 1.165) is 17.4 Å². The van der Waals surface area contributed by atoms with Gasteiger partial charge in [0.25, 0.3) is 0 Å². The van der Waals surface area contributed by atoms with Gasteiger partial charge >= 0.3 is 0 Å². The Balaban J connectivity index is 2.01. The van der Waals surface area contributed by atoms with Crippen molar-refractivity contribution in [3.8, 4) is 0 Å². The summed E-state index contributed by atoms with van der Waals surface area (Å²) in [6.07, 6.45) is 6.97. The van der Waals surface area contributed by atoms with E-state index in [1.54, 1.807) is 6.20 Å². The standard InChI is InChI=1S/C13H21N3/c1-10-3-6-12(7-4-10)16(2)13-8-5-11(14)9-15-13/h5,8-10,12H,3-4,6-7,14H2,1-2H3. The molecule has 3 heteroatoms. The van der Waals surface area contributed by atoms with Gasteiger partial charge in [-0.15, -0.1) is 0 Å². The van der Waals surface area contributed by atoms with Crippen molar-refractivity contribution in [3.63, 3.8) is 0 Å². The van der Waals surface area contributed by atoms with Crippen molar-refractivity contribution in [1.82, 2.24) is 4.98 Å². The summed E-state index contributed by atoms with van der Waals surface area (Å²) in [5.74, 6) is 1.93. The lowest BCUT2D eigenvalue weighted by molar-refractivity contribution is 0.340. The molecule has 0 aromatic carbocycles. The smallest absolute Gasteiger partial charge is 0.128 e. The molecule has 1 aromatic rings. The monoisotopic (exact) mass is 219 g/mol. The van der Waals surface area contributed by atoms with Gasteiger partial charge in [-0.1, -0.05) is 6.92 Å². The van der Waals surface area contributed by atoms with Crippen molar-refractivity contribution in [2.45, 2.75) is 38.6 Å². The van der Waals surface area contributed by atoms with Gasteiger partial charge in [0.1, 0.15) is 5.82 Å². The van der Waals surface area contributed by atoms with E-state index in [4.69, 9.17) is 5.73 Å². The Kier molecular flexibility index (Phi) is 3.32. The Morgan fingerprint density at radius 2 is 1.94 bits per heavy atom. The summed E-state index contributed by atoms with van der Waals surface area (Å²) < 4.78 is 0. The molecule has 0 atom stereocenters. The zero-order chi connectivity index (χ0) is 11.5. The largest absolute Gasteiger partial charge is 0.397 e. The second kappa shape index (κ2) is 4.73. The maximum atomic E-state index is 5.64. The molecule has 0 bridgehead atoms. The molecule has 2 rings (SSSR count). The van der Waals surface area contributed by atoms with Gasteiger partial charge in [-0.3, -0.25) is 0 Å². The van der Waals surface area contributed by atoms with Gasteiger partial charge in [0.15, 0.2) is 0 Å². The number of anilines is 2. The highest BCUT2D eigenvalue weighted by Crippen LogP contribution is 2.28. The summed E-state index contributed by atoms with van der Waals surface area (Å²) in [5.41, 5.74) is 6.37. The molecule has 1 aromatic heterocycles. The summed E-state index contributed by atoms with van der Waals surface area (Å²) in [7, 11) is 2.14. The third-order valence-electron chi connectivity index (χ3n) is 3.67. The van der Waals surface area contributed by atoms with Gasteiger partial charge in [0.05, 0.1) is 11.9 Å². The molecule has 0 saturated heterocycles. The van der Waals surface area contributed by atoms with Crippen LogP contribution in [0.15, 0.2) is 18.3 Å². The molecular weight excluding hydrogens is 198 g/mol. The van der Waals surface area contributed by atoms with Crippen LogP contribution < -0.4 is 10.6 Å². The van der Waals surface area contributed by atoms with E-state index in [9.17, 15) is 0 Å². The predicted octanol–water partition coefficient (Wildman–Crippen LogP) is 2.68. The Morgan fingerprint density at radius 1 is 1.25 bits per heavy atom. The van der Waals surface area contributed by atoms with E-state index >= 15 is 0 Å². The van der Waals surface area contributed by atoms with E-state index in [0.29, 0.717) is 6.04 Å². The van der Waals surface area contributed by atoms with Crippen molar-refractivity contribution in [2.75, 3.05) is 17.7 Å². The Labute approximate surface area is 97.7 Å². The van der Waals surface area contributed by atoms with E-state index in [1.165, 1.54) is 25.7 Å². The van der Waals surface area contributed by atoms with Crippen LogP contribution in [-0.4, -0.2) is 18.1 Å². The third-order valence-corrected chi connectivity index (χ3v) is 3.67. The second-order valence-corrected chi connectivity index (χ2v) is 4.97. The van der Waals surface area contributed by atoms with Crippen molar-refractivity contribution >= 4 is 11.5 Å². The fourth-order valence-corrected chi connectivity index (χ4v) is 2.42. The second-order valence-electron chi connectivity index (χ2n) is 4.97. The van der Waals surface area contributed by atoms with Crippen molar-refractivity contribution < 1.29 is 0 Å². The van der Waals surface area contributed by atoms with Crippen LogP contribution in [-0.2, 0) is 0 Å². The van der Waals surface area contributed by atoms with E-state index in [1.807, 2.05) is 12.1 Å².